The van der Waals surface area contributed by atoms with Gasteiger partial charge < -0.3 is 15.2 Å². The molecule has 1 saturated heterocycles. The molecule has 2 N–H and O–H groups in total. The van der Waals surface area contributed by atoms with Gasteiger partial charge in [-0.2, -0.15) is 5.26 Å². The SMILES string of the molecule is N#CCCN1CCC(n2cccc(N)c2=O)C1. The topological polar surface area (TPSA) is 75.1 Å². The van der Waals surface area contributed by atoms with Gasteiger partial charge in [-0.15, -0.1) is 0 Å². The summed E-state index contributed by atoms with van der Waals surface area (Å²) in [4.78, 5) is 14.1. The second kappa shape index (κ2) is 5.02. The smallest absolute Gasteiger partial charge is 0.273 e. The van der Waals surface area contributed by atoms with Crippen LogP contribution in [0.2, 0.25) is 0 Å². The average Bonchev–Trinajstić information content (AvgIpc) is 2.78. The summed E-state index contributed by atoms with van der Waals surface area (Å²) in [5, 5.41) is 8.54. The van der Waals surface area contributed by atoms with E-state index in [1.807, 2.05) is 0 Å². The fourth-order valence-corrected chi connectivity index (χ4v) is 2.27. The van der Waals surface area contributed by atoms with Crippen molar-refractivity contribution in [3.8, 4) is 6.07 Å². The van der Waals surface area contributed by atoms with Gasteiger partial charge >= 0.3 is 0 Å². The Hall–Kier alpha value is -1.80. The zero-order valence-electron chi connectivity index (χ0n) is 9.67. The van der Waals surface area contributed by atoms with Gasteiger partial charge in [-0.25, -0.2) is 0 Å². The summed E-state index contributed by atoms with van der Waals surface area (Å²) < 4.78 is 1.71. The van der Waals surface area contributed by atoms with E-state index in [0.29, 0.717) is 12.1 Å². The Morgan fingerprint density at radius 2 is 2.41 bits per heavy atom. The molecule has 5 heteroatoms. The third-order valence-electron chi connectivity index (χ3n) is 3.18. The molecule has 2 heterocycles. The normalized spacial score (nSPS) is 20.3. The third-order valence-corrected chi connectivity index (χ3v) is 3.18. The van der Waals surface area contributed by atoms with Gasteiger partial charge in [0.15, 0.2) is 0 Å². The van der Waals surface area contributed by atoms with Crippen LogP contribution in [-0.2, 0) is 0 Å². The molecule has 1 aromatic heterocycles. The summed E-state index contributed by atoms with van der Waals surface area (Å²) in [5.41, 5.74) is 5.80. The van der Waals surface area contributed by atoms with Crippen LogP contribution >= 0.6 is 0 Å². The Morgan fingerprint density at radius 3 is 3.18 bits per heavy atom. The Labute approximate surface area is 100 Å². The van der Waals surface area contributed by atoms with Gasteiger partial charge in [0.2, 0.25) is 0 Å². The van der Waals surface area contributed by atoms with E-state index in [1.165, 1.54) is 0 Å². The van der Waals surface area contributed by atoms with Crippen molar-refractivity contribution in [2.45, 2.75) is 18.9 Å². The molecule has 1 unspecified atom stereocenters. The number of hydrogen-bond acceptors (Lipinski definition) is 4. The van der Waals surface area contributed by atoms with Crippen LogP contribution in [0.25, 0.3) is 0 Å². The number of nitriles is 1. The van der Waals surface area contributed by atoms with E-state index in [4.69, 9.17) is 11.0 Å². The van der Waals surface area contributed by atoms with Crippen LogP contribution in [0.3, 0.4) is 0 Å². The summed E-state index contributed by atoms with van der Waals surface area (Å²) >= 11 is 0. The number of anilines is 1. The first-order valence-electron chi connectivity index (χ1n) is 5.78. The molecule has 1 atom stereocenters. The van der Waals surface area contributed by atoms with Crippen molar-refractivity contribution in [1.29, 1.82) is 5.26 Å². The number of nitrogen functional groups attached to an aromatic ring is 1. The predicted molar refractivity (Wildman–Crippen MR) is 65.4 cm³/mol. The number of pyridine rings is 1. The van der Waals surface area contributed by atoms with Crippen molar-refractivity contribution in [3.63, 3.8) is 0 Å². The first-order chi connectivity index (χ1) is 8.22. The molecule has 0 amide bonds. The Morgan fingerprint density at radius 1 is 1.59 bits per heavy atom. The van der Waals surface area contributed by atoms with Crippen molar-refractivity contribution in [3.05, 3.63) is 28.7 Å². The van der Waals surface area contributed by atoms with E-state index >= 15 is 0 Å². The zero-order valence-corrected chi connectivity index (χ0v) is 9.67. The highest BCUT2D eigenvalue weighted by Crippen LogP contribution is 2.20. The fraction of sp³-hybridized carbons (Fsp3) is 0.500. The van der Waals surface area contributed by atoms with E-state index in [0.717, 1.165) is 26.1 Å². The molecule has 1 fully saturated rings. The van der Waals surface area contributed by atoms with E-state index in [1.54, 1.807) is 22.9 Å². The quantitative estimate of drug-likeness (QED) is 0.827. The molecule has 1 aliphatic rings. The van der Waals surface area contributed by atoms with Crippen LogP contribution in [0.1, 0.15) is 18.9 Å². The van der Waals surface area contributed by atoms with Gasteiger partial charge in [0.25, 0.3) is 5.56 Å². The maximum Gasteiger partial charge on any atom is 0.273 e. The highest BCUT2D eigenvalue weighted by atomic mass is 16.1. The molecule has 17 heavy (non-hydrogen) atoms. The standard InChI is InChI=1S/C12H16N4O/c13-5-2-6-15-8-4-10(9-15)16-7-1-3-11(14)12(16)17/h1,3,7,10H,2,4,6,8-9,14H2. The number of aromatic nitrogens is 1. The minimum absolute atomic E-state index is 0.111. The van der Waals surface area contributed by atoms with Crippen molar-refractivity contribution < 1.29 is 0 Å². The minimum Gasteiger partial charge on any atom is -0.394 e. The molecule has 0 aromatic carbocycles. The van der Waals surface area contributed by atoms with E-state index in [9.17, 15) is 4.79 Å². The summed E-state index contributed by atoms with van der Waals surface area (Å²) in [7, 11) is 0. The highest BCUT2D eigenvalue weighted by Gasteiger charge is 2.24. The first kappa shape index (κ1) is 11.7. The first-order valence-corrected chi connectivity index (χ1v) is 5.78. The summed E-state index contributed by atoms with van der Waals surface area (Å²) in [6.45, 7) is 2.54. The number of hydrogen-bond donors (Lipinski definition) is 1. The van der Waals surface area contributed by atoms with Crippen LogP contribution in [0.4, 0.5) is 5.69 Å². The maximum absolute atomic E-state index is 11.8. The number of nitrogens with zero attached hydrogens (tertiary/aromatic N) is 3. The van der Waals surface area contributed by atoms with Crippen LogP contribution in [0.5, 0.6) is 0 Å². The molecule has 1 aromatic rings. The highest BCUT2D eigenvalue weighted by molar-refractivity contribution is 5.33. The summed E-state index contributed by atoms with van der Waals surface area (Å²) in [6, 6.07) is 5.75. The largest absolute Gasteiger partial charge is 0.394 e. The van der Waals surface area contributed by atoms with E-state index in [-0.39, 0.29) is 11.6 Å². The van der Waals surface area contributed by atoms with E-state index < -0.39 is 0 Å². The van der Waals surface area contributed by atoms with Gasteiger partial charge in [-0.3, -0.25) is 4.79 Å². The Kier molecular flexibility index (Phi) is 3.45. The number of likely N-dealkylation sites (tertiary alicyclic amines) is 1. The minimum atomic E-state index is -0.111. The lowest BCUT2D eigenvalue weighted by molar-refractivity contribution is 0.330. The molecule has 0 radical (unpaired) electrons. The molecule has 2 rings (SSSR count). The van der Waals surface area contributed by atoms with E-state index in [2.05, 4.69) is 11.0 Å². The molecule has 0 saturated carbocycles. The second-order valence-corrected chi connectivity index (χ2v) is 4.33. The van der Waals surface area contributed by atoms with Crippen LogP contribution in [0.15, 0.2) is 23.1 Å². The lowest BCUT2D eigenvalue weighted by Gasteiger charge is -2.16. The van der Waals surface area contributed by atoms with Crippen molar-refractivity contribution in [2.75, 3.05) is 25.4 Å². The van der Waals surface area contributed by atoms with Crippen molar-refractivity contribution in [2.24, 2.45) is 0 Å². The molecular formula is C12H16N4O. The van der Waals surface area contributed by atoms with Crippen molar-refractivity contribution in [1.82, 2.24) is 9.47 Å². The zero-order chi connectivity index (χ0) is 12.3. The van der Waals surface area contributed by atoms with Gasteiger partial charge in [0.05, 0.1) is 17.8 Å². The lowest BCUT2D eigenvalue weighted by Crippen LogP contribution is -2.29. The molecule has 1 aliphatic heterocycles. The monoisotopic (exact) mass is 232 g/mol. The molecule has 0 spiro atoms. The molecule has 5 nitrogen and oxygen atoms in total. The number of nitrogens with two attached hydrogens (primary N) is 1. The third kappa shape index (κ3) is 2.48. The van der Waals surface area contributed by atoms with Crippen molar-refractivity contribution >= 4 is 5.69 Å². The predicted octanol–water partition coefficient (Wildman–Crippen LogP) is 0.591. The number of rotatable bonds is 3. The Bertz CT molecular complexity index is 488. The Balaban J connectivity index is 2.08. The fourth-order valence-electron chi connectivity index (χ4n) is 2.27. The summed E-state index contributed by atoms with van der Waals surface area (Å²) in [5.74, 6) is 0. The molecule has 0 bridgehead atoms. The lowest BCUT2D eigenvalue weighted by atomic mass is 10.2. The molecule has 0 aliphatic carbocycles. The van der Waals surface area contributed by atoms with Crippen LogP contribution < -0.4 is 11.3 Å². The van der Waals surface area contributed by atoms with Gasteiger partial charge in [0, 0.05) is 32.3 Å². The molecular weight excluding hydrogens is 216 g/mol. The molecule has 90 valence electrons. The average molecular weight is 232 g/mol. The van der Waals surface area contributed by atoms with Crippen LogP contribution in [-0.4, -0.2) is 29.1 Å². The second-order valence-electron chi connectivity index (χ2n) is 4.33. The van der Waals surface area contributed by atoms with Gasteiger partial charge in [-0.1, -0.05) is 0 Å². The van der Waals surface area contributed by atoms with Gasteiger partial charge in [-0.05, 0) is 18.6 Å². The summed E-state index contributed by atoms with van der Waals surface area (Å²) in [6.07, 6.45) is 3.27. The van der Waals surface area contributed by atoms with Crippen LogP contribution in [0, 0.1) is 11.3 Å². The van der Waals surface area contributed by atoms with Gasteiger partial charge in [0.1, 0.15) is 0 Å². The maximum atomic E-state index is 11.8.